The second-order valence-corrected chi connectivity index (χ2v) is 6.38. The number of hydrogen-bond acceptors (Lipinski definition) is 5. The van der Waals surface area contributed by atoms with Gasteiger partial charge in [0.25, 0.3) is 5.91 Å². The van der Waals surface area contributed by atoms with E-state index in [1.807, 2.05) is 38.1 Å². The van der Waals surface area contributed by atoms with Crippen LogP contribution in [0.5, 0.6) is 0 Å². The molecule has 0 aliphatic heterocycles. The van der Waals surface area contributed by atoms with E-state index in [4.69, 9.17) is 4.74 Å². The lowest BCUT2D eigenvalue weighted by Crippen LogP contribution is -2.14. The first kappa shape index (κ1) is 19.1. The molecule has 0 saturated heterocycles. The van der Waals surface area contributed by atoms with Gasteiger partial charge in [0.05, 0.1) is 12.7 Å². The quantitative estimate of drug-likeness (QED) is 0.643. The van der Waals surface area contributed by atoms with Crippen molar-refractivity contribution in [2.24, 2.45) is 0 Å². The molecular weight excluding hydrogens is 354 g/mol. The highest BCUT2D eigenvalue weighted by atomic mass is 16.5. The second-order valence-electron chi connectivity index (χ2n) is 6.38. The molecule has 0 saturated carbocycles. The number of nitrogens with one attached hydrogen (secondary N) is 2. The van der Waals surface area contributed by atoms with E-state index in [0.29, 0.717) is 16.9 Å². The van der Waals surface area contributed by atoms with E-state index in [9.17, 15) is 9.59 Å². The van der Waals surface area contributed by atoms with Gasteiger partial charge in [-0.3, -0.25) is 9.78 Å². The molecule has 3 rings (SSSR count). The van der Waals surface area contributed by atoms with Crippen LogP contribution >= 0.6 is 0 Å². The zero-order valence-electron chi connectivity index (χ0n) is 15.9. The minimum Gasteiger partial charge on any atom is -0.465 e. The van der Waals surface area contributed by atoms with Gasteiger partial charge in [0.2, 0.25) is 0 Å². The highest BCUT2D eigenvalue weighted by Gasteiger charge is 2.10. The van der Waals surface area contributed by atoms with Crippen molar-refractivity contribution in [3.05, 3.63) is 83.2 Å². The smallest absolute Gasteiger partial charge is 0.337 e. The van der Waals surface area contributed by atoms with Crippen molar-refractivity contribution in [1.82, 2.24) is 4.98 Å². The van der Waals surface area contributed by atoms with E-state index in [0.717, 1.165) is 16.8 Å². The number of rotatable bonds is 5. The molecule has 0 radical (unpaired) electrons. The van der Waals surface area contributed by atoms with E-state index in [1.165, 1.54) is 7.11 Å². The van der Waals surface area contributed by atoms with E-state index in [1.54, 1.807) is 36.5 Å². The molecule has 28 heavy (non-hydrogen) atoms. The zero-order valence-corrected chi connectivity index (χ0v) is 15.9. The summed E-state index contributed by atoms with van der Waals surface area (Å²) in [4.78, 5) is 28.4. The van der Waals surface area contributed by atoms with Crippen LogP contribution in [-0.2, 0) is 4.74 Å². The molecule has 0 aliphatic rings. The van der Waals surface area contributed by atoms with E-state index >= 15 is 0 Å². The lowest BCUT2D eigenvalue weighted by molar-refractivity contribution is 0.0600. The molecule has 3 aromatic rings. The molecule has 1 aromatic heterocycles. The Kier molecular flexibility index (Phi) is 5.69. The third-order valence-corrected chi connectivity index (χ3v) is 4.33. The van der Waals surface area contributed by atoms with Gasteiger partial charge >= 0.3 is 5.97 Å². The molecule has 1 amide bonds. The molecule has 6 heteroatoms. The number of benzene rings is 2. The summed E-state index contributed by atoms with van der Waals surface area (Å²) in [5, 5.41) is 6.03. The third-order valence-electron chi connectivity index (χ3n) is 4.33. The van der Waals surface area contributed by atoms with Crippen LogP contribution in [0.25, 0.3) is 0 Å². The monoisotopic (exact) mass is 375 g/mol. The first-order valence-corrected chi connectivity index (χ1v) is 8.76. The summed E-state index contributed by atoms with van der Waals surface area (Å²) in [7, 11) is 1.34. The van der Waals surface area contributed by atoms with Crippen molar-refractivity contribution < 1.29 is 14.3 Å². The first-order chi connectivity index (χ1) is 13.5. The Hall–Kier alpha value is -3.67. The van der Waals surface area contributed by atoms with Gasteiger partial charge < -0.3 is 15.4 Å². The van der Waals surface area contributed by atoms with Crippen LogP contribution < -0.4 is 10.6 Å². The van der Waals surface area contributed by atoms with E-state index < -0.39 is 5.97 Å². The molecule has 0 atom stereocenters. The Morgan fingerprint density at radius 3 is 2.43 bits per heavy atom. The number of nitrogens with zero attached hydrogens (tertiary/aromatic N) is 1. The summed E-state index contributed by atoms with van der Waals surface area (Å²) in [6, 6.07) is 16.1. The average molecular weight is 375 g/mol. The van der Waals surface area contributed by atoms with Crippen LogP contribution in [0.2, 0.25) is 0 Å². The van der Waals surface area contributed by atoms with Gasteiger partial charge in [0, 0.05) is 23.3 Å². The number of amides is 1. The maximum Gasteiger partial charge on any atom is 0.337 e. The molecule has 0 fully saturated rings. The molecule has 2 N–H and O–H groups in total. The van der Waals surface area contributed by atoms with Crippen LogP contribution in [0.3, 0.4) is 0 Å². The third kappa shape index (κ3) is 4.54. The van der Waals surface area contributed by atoms with Gasteiger partial charge in [-0.2, -0.15) is 0 Å². The zero-order chi connectivity index (χ0) is 20.1. The molecule has 1 heterocycles. The molecular formula is C22H21N3O3. The minimum absolute atomic E-state index is 0.285. The summed E-state index contributed by atoms with van der Waals surface area (Å²) in [5.74, 6) is -0.706. The number of hydrogen-bond donors (Lipinski definition) is 2. The number of carbonyl (C=O) groups is 2. The molecule has 0 aliphatic carbocycles. The standard InChI is InChI=1S/C22H21N3O3/c1-14-7-8-18(11-15(14)2)25-21(26)20-13-19(9-10-23-20)24-17-6-4-5-16(12-17)22(27)28-3/h4-13H,1-3H3,(H,23,24)(H,25,26). The highest BCUT2D eigenvalue weighted by Crippen LogP contribution is 2.20. The van der Waals surface area contributed by atoms with Crippen molar-refractivity contribution in [1.29, 1.82) is 0 Å². The van der Waals surface area contributed by atoms with Crippen LogP contribution in [0.1, 0.15) is 32.0 Å². The Bertz CT molecular complexity index is 1030. The number of aryl methyl sites for hydroxylation is 2. The minimum atomic E-state index is -0.410. The molecule has 142 valence electrons. The fourth-order valence-corrected chi connectivity index (χ4v) is 2.66. The number of aromatic nitrogens is 1. The van der Waals surface area contributed by atoms with E-state index in [2.05, 4.69) is 15.6 Å². The number of anilines is 3. The van der Waals surface area contributed by atoms with Gasteiger partial charge in [-0.25, -0.2) is 4.79 Å². The molecule has 0 unspecified atom stereocenters. The fraction of sp³-hybridized carbons (Fsp3) is 0.136. The Morgan fingerprint density at radius 2 is 1.68 bits per heavy atom. The average Bonchev–Trinajstić information content (AvgIpc) is 2.70. The fourth-order valence-electron chi connectivity index (χ4n) is 2.66. The van der Waals surface area contributed by atoms with Crippen molar-refractivity contribution in [2.75, 3.05) is 17.7 Å². The van der Waals surface area contributed by atoms with Crippen LogP contribution in [0.15, 0.2) is 60.8 Å². The molecule has 0 spiro atoms. The molecule has 2 aromatic carbocycles. The van der Waals surface area contributed by atoms with Gasteiger partial charge in [0.1, 0.15) is 5.69 Å². The van der Waals surface area contributed by atoms with Gasteiger partial charge in [-0.05, 0) is 67.4 Å². The Morgan fingerprint density at radius 1 is 0.893 bits per heavy atom. The molecule has 0 bridgehead atoms. The van der Waals surface area contributed by atoms with Crippen molar-refractivity contribution in [2.45, 2.75) is 13.8 Å². The SMILES string of the molecule is COC(=O)c1cccc(Nc2ccnc(C(=O)Nc3ccc(C)c(C)c3)c2)c1. The van der Waals surface area contributed by atoms with Crippen molar-refractivity contribution in [3.8, 4) is 0 Å². The second kappa shape index (κ2) is 8.35. The molecule has 6 nitrogen and oxygen atoms in total. The largest absolute Gasteiger partial charge is 0.465 e. The maximum atomic E-state index is 12.5. The number of methoxy groups -OCH3 is 1. The number of ether oxygens (including phenoxy) is 1. The summed E-state index contributed by atoms with van der Waals surface area (Å²) in [5.41, 5.74) is 5.10. The Balaban J connectivity index is 1.75. The van der Waals surface area contributed by atoms with Gasteiger partial charge in [-0.1, -0.05) is 12.1 Å². The summed E-state index contributed by atoms with van der Waals surface area (Å²) in [6.45, 7) is 4.02. The lowest BCUT2D eigenvalue weighted by atomic mass is 10.1. The van der Waals surface area contributed by atoms with Gasteiger partial charge in [0.15, 0.2) is 0 Å². The topological polar surface area (TPSA) is 80.3 Å². The highest BCUT2D eigenvalue weighted by molar-refractivity contribution is 6.03. The number of esters is 1. The Labute approximate surface area is 163 Å². The summed E-state index contributed by atoms with van der Waals surface area (Å²) < 4.78 is 4.73. The summed E-state index contributed by atoms with van der Waals surface area (Å²) in [6.07, 6.45) is 1.56. The number of pyridine rings is 1. The normalized spacial score (nSPS) is 10.2. The predicted molar refractivity (Wildman–Crippen MR) is 109 cm³/mol. The van der Waals surface area contributed by atoms with Gasteiger partial charge in [-0.15, -0.1) is 0 Å². The van der Waals surface area contributed by atoms with E-state index in [-0.39, 0.29) is 11.6 Å². The first-order valence-electron chi connectivity index (χ1n) is 8.76. The van der Waals surface area contributed by atoms with Crippen molar-refractivity contribution in [3.63, 3.8) is 0 Å². The maximum absolute atomic E-state index is 12.5. The van der Waals surface area contributed by atoms with Crippen LogP contribution in [0, 0.1) is 13.8 Å². The van der Waals surface area contributed by atoms with Crippen molar-refractivity contribution >= 4 is 28.9 Å². The predicted octanol–water partition coefficient (Wildman–Crippen LogP) is 4.48. The lowest BCUT2D eigenvalue weighted by Gasteiger charge is -2.10. The van der Waals surface area contributed by atoms with Crippen LogP contribution in [0.4, 0.5) is 17.1 Å². The number of carbonyl (C=O) groups excluding carboxylic acids is 2. The van der Waals surface area contributed by atoms with Crippen LogP contribution in [-0.4, -0.2) is 24.0 Å². The summed E-state index contributed by atoms with van der Waals surface area (Å²) >= 11 is 0.